The summed E-state index contributed by atoms with van der Waals surface area (Å²) in [7, 11) is 1.62. The van der Waals surface area contributed by atoms with Crippen LogP contribution in [-0.4, -0.2) is 41.5 Å². The van der Waals surface area contributed by atoms with Gasteiger partial charge in [0, 0.05) is 24.9 Å². The maximum absolute atomic E-state index is 5.68. The zero-order chi connectivity index (χ0) is 17.2. The van der Waals surface area contributed by atoms with Crippen molar-refractivity contribution in [3.8, 4) is 29.0 Å². The number of methoxy groups -OCH3 is 1. The maximum atomic E-state index is 5.68. The number of fused-ring (bicyclic) bond motifs is 2. The highest BCUT2D eigenvalue weighted by atomic mass is 16.6. The van der Waals surface area contributed by atoms with E-state index < -0.39 is 0 Å². The number of nitrogens with zero attached hydrogens (tertiary/aromatic N) is 3. The Morgan fingerprint density at radius 3 is 2.88 bits per heavy atom. The van der Waals surface area contributed by atoms with Gasteiger partial charge in [0.2, 0.25) is 0 Å². The van der Waals surface area contributed by atoms with Crippen LogP contribution in [-0.2, 0) is 4.74 Å². The highest BCUT2D eigenvalue weighted by molar-refractivity contribution is 5.76. The monoisotopic (exact) mass is 335 g/mol. The average Bonchev–Trinajstić information content (AvgIpc) is 2.96. The second-order valence-corrected chi connectivity index (χ2v) is 5.62. The number of rotatable bonds is 2. The molecule has 0 saturated heterocycles. The summed E-state index contributed by atoms with van der Waals surface area (Å²) >= 11 is 0. The molecule has 1 aliphatic rings. The first-order valence-corrected chi connectivity index (χ1v) is 7.99. The predicted molar refractivity (Wildman–Crippen MR) is 93.3 cm³/mol. The summed E-state index contributed by atoms with van der Waals surface area (Å²) in [6, 6.07) is 7.79. The minimum atomic E-state index is 0.392. The number of ether oxygens (including phenoxy) is 3. The molecular formula is C19H17N3O3. The van der Waals surface area contributed by atoms with Gasteiger partial charge in [-0.25, -0.2) is 9.97 Å². The van der Waals surface area contributed by atoms with E-state index in [9.17, 15) is 0 Å². The molecule has 0 spiro atoms. The number of imidazole rings is 1. The molecule has 1 aliphatic heterocycles. The molecule has 0 radical (unpaired) electrons. The van der Waals surface area contributed by atoms with Crippen LogP contribution >= 0.6 is 0 Å². The van der Waals surface area contributed by atoms with Gasteiger partial charge in [0.1, 0.15) is 31.2 Å². The third-order valence-corrected chi connectivity index (χ3v) is 3.90. The molecule has 0 N–H and O–H groups in total. The van der Waals surface area contributed by atoms with Crippen molar-refractivity contribution in [1.29, 1.82) is 0 Å². The van der Waals surface area contributed by atoms with Crippen molar-refractivity contribution in [3.63, 3.8) is 0 Å². The lowest BCUT2D eigenvalue weighted by Gasteiger charge is -2.19. The minimum absolute atomic E-state index is 0.392. The van der Waals surface area contributed by atoms with Crippen LogP contribution in [0, 0.1) is 18.8 Å². The van der Waals surface area contributed by atoms with Gasteiger partial charge in [-0.05, 0) is 25.1 Å². The highest BCUT2D eigenvalue weighted by Crippen LogP contribution is 2.33. The molecule has 4 rings (SSSR count). The van der Waals surface area contributed by atoms with Crippen molar-refractivity contribution >= 4 is 11.2 Å². The van der Waals surface area contributed by atoms with E-state index in [-0.39, 0.29) is 0 Å². The summed E-state index contributed by atoms with van der Waals surface area (Å²) in [6.45, 7) is 3.48. The molecule has 0 amide bonds. The van der Waals surface area contributed by atoms with Gasteiger partial charge in [0.15, 0.2) is 17.1 Å². The first-order valence-electron chi connectivity index (χ1n) is 7.99. The zero-order valence-corrected chi connectivity index (χ0v) is 14.1. The first kappa shape index (κ1) is 15.5. The van der Waals surface area contributed by atoms with Crippen molar-refractivity contribution in [2.45, 2.75) is 6.92 Å². The van der Waals surface area contributed by atoms with Crippen LogP contribution in [0.1, 0.15) is 11.4 Å². The van der Waals surface area contributed by atoms with E-state index >= 15 is 0 Å². The normalized spacial score (nSPS) is 12.7. The van der Waals surface area contributed by atoms with Crippen LogP contribution in [0.5, 0.6) is 11.5 Å². The number of aromatic nitrogens is 3. The molecule has 0 aliphatic carbocycles. The van der Waals surface area contributed by atoms with Gasteiger partial charge in [-0.3, -0.25) is 4.57 Å². The molecule has 0 bridgehead atoms. The Bertz CT molecular complexity index is 998. The zero-order valence-electron chi connectivity index (χ0n) is 14.1. The quantitative estimate of drug-likeness (QED) is 0.674. The summed E-state index contributed by atoms with van der Waals surface area (Å²) in [5.41, 5.74) is 3.34. The van der Waals surface area contributed by atoms with Crippen LogP contribution in [0.25, 0.3) is 16.9 Å². The van der Waals surface area contributed by atoms with E-state index in [2.05, 4.69) is 21.8 Å². The minimum Gasteiger partial charge on any atom is -0.486 e. The molecule has 0 saturated carbocycles. The SMILES string of the molecule is COCC#Cc1cnc2c(c1)nc(C)n2-c1ccc2c(c1)OCCO2. The van der Waals surface area contributed by atoms with Gasteiger partial charge in [-0.1, -0.05) is 11.8 Å². The standard InChI is InChI=1S/C19H17N3O3/c1-13-21-16-10-14(4-3-7-23-2)12-20-19(16)22(13)15-5-6-17-18(11-15)25-9-8-24-17/h5-6,10-12H,7-9H2,1-2H3. The number of hydrogen-bond acceptors (Lipinski definition) is 5. The molecule has 1 aromatic carbocycles. The van der Waals surface area contributed by atoms with E-state index in [4.69, 9.17) is 14.2 Å². The van der Waals surface area contributed by atoms with E-state index in [1.807, 2.05) is 35.8 Å². The Kier molecular flexibility index (Phi) is 4.00. The Morgan fingerprint density at radius 2 is 2.04 bits per heavy atom. The largest absolute Gasteiger partial charge is 0.486 e. The topological polar surface area (TPSA) is 58.4 Å². The van der Waals surface area contributed by atoms with Crippen molar-refractivity contribution in [3.05, 3.63) is 41.9 Å². The van der Waals surface area contributed by atoms with Crippen molar-refractivity contribution in [2.75, 3.05) is 26.9 Å². The van der Waals surface area contributed by atoms with Crippen LogP contribution in [0.3, 0.4) is 0 Å². The molecule has 6 heteroatoms. The van der Waals surface area contributed by atoms with Crippen LogP contribution in [0.4, 0.5) is 0 Å². The van der Waals surface area contributed by atoms with E-state index in [1.54, 1.807) is 13.3 Å². The molecule has 3 aromatic rings. The lowest BCUT2D eigenvalue weighted by molar-refractivity contribution is 0.171. The number of pyridine rings is 1. The van der Waals surface area contributed by atoms with Crippen LogP contribution in [0.2, 0.25) is 0 Å². The molecule has 0 unspecified atom stereocenters. The number of hydrogen-bond donors (Lipinski definition) is 0. The van der Waals surface area contributed by atoms with Crippen molar-refractivity contribution < 1.29 is 14.2 Å². The van der Waals surface area contributed by atoms with Gasteiger partial charge in [0.05, 0.1) is 5.69 Å². The van der Waals surface area contributed by atoms with E-state index in [0.717, 1.165) is 39.7 Å². The van der Waals surface area contributed by atoms with E-state index in [1.165, 1.54) is 0 Å². The Balaban J connectivity index is 1.77. The Labute approximate surface area is 145 Å². The van der Waals surface area contributed by atoms with E-state index in [0.29, 0.717) is 19.8 Å². The van der Waals surface area contributed by atoms with Crippen LogP contribution in [0.15, 0.2) is 30.5 Å². The fourth-order valence-electron chi connectivity index (χ4n) is 2.84. The lowest BCUT2D eigenvalue weighted by Crippen LogP contribution is -2.15. The predicted octanol–water partition coefficient (Wildman–Crippen LogP) is 2.50. The van der Waals surface area contributed by atoms with Gasteiger partial charge in [-0.2, -0.15) is 0 Å². The number of aryl methyl sites for hydroxylation is 1. The molecule has 2 aromatic heterocycles. The number of benzene rings is 1. The molecule has 126 valence electrons. The van der Waals surface area contributed by atoms with Gasteiger partial charge < -0.3 is 14.2 Å². The molecular weight excluding hydrogens is 318 g/mol. The maximum Gasteiger partial charge on any atom is 0.164 e. The summed E-state index contributed by atoms with van der Waals surface area (Å²) in [6.07, 6.45) is 1.75. The highest BCUT2D eigenvalue weighted by Gasteiger charge is 2.16. The second kappa shape index (κ2) is 6.46. The fraction of sp³-hybridized carbons (Fsp3) is 0.263. The summed E-state index contributed by atoms with van der Waals surface area (Å²) in [4.78, 5) is 9.17. The summed E-state index contributed by atoms with van der Waals surface area (Å²) < 4.78 is 18.2. The lowest BCUT2D eigenvalue weighted by atomic mass is 10.2. The molecule has 0 fully saturated rings. The van der Waals surface area contributed by atoms with Gasteiger partial charge in [0.25, 0.3) is 0 Å². The third-order valence-electron chi connectivity index (χ3n) is 3.90. The third kappa shape index (κ3) is 2.90. The van der Waals surface area contributed by atoms with Gasteiger partial charge in [-0.15, -0.1) is 0 Å². The molecule has 0 atom stereocenters. The molecule has 25 heavy (non-hydrogen) atoms. The molecule has 6 nitrogen and oxygen atoms in total. The van der Waals surface area contributed by atoms with Crippen LogP contribution < -0.4 is 9.47 Å². The smallest absolute Gasteiger partial charge is 0.164 e. The Hall–Kier alpha value is -3.04. The second-order valence-electron chi connectivity index (χ2n) is 5.62. The molecule has 3 heterocycles. The average molecular weight is 335 g/mol. The Morgan fingerprint density at radius 1 is 1.20 bits per heavy atom. The fourth-order valence-corrected chi connectivity index (χ4v) is 2.84. The van der Waals surface area contributed by atoms with Gasteiger partial charge >= 0.3 is 0 Å². The van der Waals surface area contributed by atoms with Crippen molar-refractivity contribution in [2.24, 2.45) is 0 Å². The first-order chi connectivity index (χ1) is 12.3. The summed E-state index contributed by atoms with van der Waals surface area (Å²) in [5, 5.41) is 0. The summed E-state index contributed by atoms with van der Waals surface area (Å²) in [5.74, 6) is 8.31. The van der Waals surface area contributed by atoms with Crippen molar-refractivity contribution in [1.82, 2.24) is 14.5 Å².